The van der Waals surface area contributed by atoms with Gasteiger partial charge in [-0.25, -0.2) is 0 Å². The first-order valence-electron chi connectivity index (χ1n) is 4.21. The molecule has 3 nitrogen and oxygen atoms in total. The van der Waals surface area contributed by atoms with Crippen LogP contribution in [0.4, 0.5) is 5.69 Å². The van der Waals surface area contributed by atoms with Crippen LogP contribution in [0.3, 0.4) is 0 Å². The number of benzene rings is 1. The van der Waals surface area contributed by atoms with E-state index in [1.807, 2.05) is 0 Å². The van der Waals surface area contributed by atoms with Gasteiger partial charge in [-0.1, -0.05) is 19.1 Å². The van der Waals surface area contributed by atoms with Gasteiger partial charge in [-0.05, 0) is 12.1 Å². The fourth-order valence-corrected chi connectivity index (χ4v) is 1.12. The Labute approximate surface area is 77.6 Å². The maximum Gasteiger partial charge on any atom is 0.226 e. The van der Waals surface area contributed by atoms with Crippen LogP contribution in [0, 0.1) is 0 Å². The van der Waals surface area contributed by atoms with Crippen LogP contribution in [0.5, 0.6) is 5.75 Å². The minimum atomic E-state index is -0.0125. The number of phenols is 1. The molecule has 1 aromatic carbocycles. The zero-order valence-corrected chi connectivity index (χ0v) is 7.82. The standard InChI is InChI=1S/C10H13NO2/c1-3-10(13)11(2)8-6-4-5-7-9(8)12/h4-7,12H,3H2,1-2H3. The first-order valence-corrected chi connectivity index (χ1v) is 4.21. The van der Waals surface area contributed by atoms with Gasteiger partial charge in [0, 0.05) is 13.5 Å². The number of anilines is 1. The lowest BCUT2D eigenvalue weighted by Crippen LogP contribution is -2.24. The zero-order valence-electron chi connectivity index (χ0n) is 7.82. The molecule has 0 fully saturated rings. The summed E-state index contributed by atoms with van der Waals surface area (Å²) in [7, 11) is 1.65. The highest BCUT2D eigenvalue weighted by molar-refractivity contribution is 5.93. The quantitative estimate of drug-likeness (QED) is 0.751. The van der Waals surface area contributed by atoms with Crippen molar-refractivity contribution >= 4 is 11.6 Å². The lowest BCUT2D eigenvalue weighted by molar-refractivity contribution is -0.118. The number of para-hydroxylation sites is 2. The van der Waals surface area contributed by atoms with E-state index >= 15 is 0 Å². The molecule has 0 radical (unpaired) electrons. The van der Waals surface area contributed by atoms with Gasteiger partial charge in [-0.3, -0.25) is 4.79 Å². The smallest absolute Gasteiger partial charge is 0.226 e. The van der Waals surface area contributed by atoms with Crippen molar-refractivity contribution < 1.29 is 9.90 Å². The van der Waals surface area contributed by atoms with Gasteiger partial charge in [0.05, 0.1) is 5.69 Å². The Balaban J connectivity index is 2.95. The maximum atomic E-state index is 11.3. The largest absolute Gasteiger partial charge is 0.506 e. The molecule has 1 aromatic rings. The minimum absolute atomic E-state index is 0.0125. The number of hydrogen-bond donors (Lipinski definition) is 1. The predicted octanol–water partition coefficient (Wildman–Crippen LogP) is 1.76. The molecule has 1 N–H and O–H groups in total. The number of phenolic OH excluding ortho intramolecular Hbond substituents is 1. The molecule has 0 saturated heterocycles. The molecule has 0 aliphatic heterocycles. The Morgan fingerprint density at radius 2 is 2.08 bits per heavy atom. The second-order valence-electron chi connectivity index (χ2n) is 2.80. The van der Waals surface area contributed by atoms with E-state index in [1.165, 1.54) is 4.90 Å². The van der Waals surface area contributed by atoms with Crippen molar-refractivity contribution in [3.8, 4) is 5.75 Å². The molecule has 0 heterocycles. The van der Waals surface area contributed by atoms with E-state index in [9.17, 15) is 9.90 Å². The topological polar surface area (TPSA) is 40.5 Å². The molecular formula is C10H13NO2. The summed E-state index contributed by atoms with van der Waals surface area (Å²) >= 11 is 0. The highest BCUT2D eigenvalue weighted by Gasteiger charge is 2.10. The summed E-state index contributed by atoms with van der Waals surface area (Å²) in [6.45, 7) is 1.79. The average Bonchev–Trinajstić information content (AvgIpc) is 2.16. The van der Waals surface area contributed by atoms with E-state index in [1.54, 1.807) is 38.2 Å². The molecule has 1 amide bonds. The van der Waals surface area contributed by atoms with Crippen LogP contribution in [0.2, 0.25) is 0 Å². The number of rotatable bonds is 2. The van der Waals surface area contributed by atoms with Gasteiger partial charge in [0.2, 0.25) is 5.91 Å². The molecule has 13 heavy (non-hydrogen) atoms. The summed E-state index contributed by atoms with van der Waals surface area (Å²) in [5.74, 6) is 0.119. The molecule has 3 heteroatoms. The Morgan fingerprint density at radius 1 is 1.46 bits per heavy atom. The average molecular weight is 179 g/mol. The number of hydrogen-bond acceptors (Lipinski definition) is 2. The van der Waals surface area contributed by atoms with Gasteiger partial charge in [0.15, 0.2) is 0 Å². The van der Waals surface area contributed by atoms with Crippen LogP contribution in [0.15, 0.2) is 24.3 Å². The van der Waals surface area contributed by atoms with Crippen molar-refractivity contribution in [1.82, 2.24) is 0 Å². The minimum Gasteiger partial charge on any atom is -0.506 e. The van der Waals surface area contributed by atoms with Crippen LogP contribution in [0.25, 0.3) is 0 Å². The van der Waals surface area contributed by atoms with Crippen molar-refractivity contribution in [2.24, 2.45) is 0 Å². The summed E-state index contributed by atoms with van der Waals surface area (Å²) in [6.07, 6.45) is 0.435. The SMILES string of the molecule is CCC(=O)N(C)c1ccccc1O. The van der Waals surface area contributed by atoms with E-state index in [2.05, 4.69) is 0 Å². The van der Waals surface area contributed by atoms with Crippen LogP contribution in [-0.2, 0) is 4.79 Å². The highest BCUT2D eigenvalue weighted by atomic mass is 16.3. The van der Waals surface area contributed by atoms with Crippen molar-refractivity contribution in [3.05, 3.63) is 24.3 Å². The fraction of sp³-hybridized carbons (Fsp3) is 0.300. The van der Waals surface area contributed by atoms with Crippen molar-refractivity contribution in [2.45, 2.75) is 13.3 Å². The van der Waals surface area contributed by atoms with Crippen molar-refractivity contribution in [3.63, 3.8) is 0 Å². The highest BCUT2D eigenvalue weighted by Crippen LogP contribution is 2.25. The first-order chi connectivity index (χ1) is 6.16. The van der Waals surface area contributed by atoms with Crippen LogP contribution in [-0.4, -0.2) is 18.1 Å². The summed E-state index contributed by atoms with van der Waals surface area (Å²) in [5.41, 5.74) is 0.550. The molecule has 1 rings (SSSR count). The van der Waals surface area contributed by atoms with E-state index in [0.717, 1.165) is 0 Å². The van der Waals surface area contributed by atoms with Gasteiger partial charge in [0.25, 0.3) is 0 Å². The van der Waals surface area contributed by atoms with Crippen molar-refractivity contribution in [1.29, 1.82) is 0 Å². The van der Waals surface area contributed by atoms with Crippen LogP contribution < -0.4 is 4.90 Å². The number of carbonyl (C=O) groups excluding carboxylic acids is 1. The van der Waals surface area contributed by atoms with Gasteiger partial charge < -0.3 is 10.0 Å². The van der Waals surface area contributed by atoms with Gasteiger partial charge >= 0.3 is 0 Å². The Morgan fingerprint density at radius 3 is 2.62 bits per heavy atom. The number of carbonyl (C=O) groups is 1. The Hall–Kier alpha value is -1.51. The molecule has 0 aromatic heterocycles. The fourth-order valence-electron chi connectivity index (χ4n) is 1.12. The monoisotopic (exact) mass is 179 g/mol. The van der Waals surface area contributed by atoms with E-state index in [-0.39, 0.29) is 11.7 Å². The van der Waals surface area contributed by atoms with E-state index in [0.29, 0.717) is 12.1 Å². The molecule has 0 bridgehead atoms. The molecule has 0 aliphatic carbocycles. The molecule has 70 valence electrons. The Bertz CT molecular complexity index is 310. The summed E-state index contributed by atoms with van der Waals surface area (Å²) in [6, 6.07) is 6.79. The lowest BCUT2D eigenvalue weighted by atomic mass is 10.2. The predicted molar refractivity (Wildman–Crippen MR) is 51.8 cm³/mol. The summed E-state index contributed by atoms with van der Waals surface area (Å²) in [4.78, 5) is 12.7. The van der Waals surface area contributed by atoms with Gasteiger partial charge in [0.1, 0.15) is 5.75 Å². The van der Waals surface area contributed by atoms with Crippen molar-refractivity contribution in [2.75, 3.05) is 11.9 Å². The number of nitrogens with zero attached hydrogens (tertiary/aromatic N) is 1. The first kappa shape index (κ1) is 9.58. The molecule has 0 spiro atoms. The zero-order chi connectivity index (χ0) is 9.84. The van der Waals surface area contributed by atoms with Gasteiger partial charge in [-0.15, -0.1) is 0 Å². The van der Waals surface area contributed by atoms with Crippen LogP contribution in [0.1, 0.15) is 13.3 Å². The normalized spacial score (nSPS) is 9.69. The second kappa shape index (κ2) is 3.94. The molecule has 0 unspecified atom stereocenters. The second-order valence-corrected chi connectivity index (χ2v) is 2.80. The van der Waals surface area contributed by atoms with Crippen LogP contribution >= 0.6 is 0 Å². The summed E-state index contributed by atoms with van der Waals surface area (Å²) < 4.78 is 0. The maximum absolute atomic E-state index is 11.3. The third-order valence-corrected chi connectivity index (χ3v) is 1.92. The number of aromatic hydroxyl groups is 1. The summed E-state index contributed by atoms with van der Waals surface area (Å²) in [5, 5.41) is 9.43. The molecule has 0 atom stereocenters. The molecular weight excluding hydrogens is 166 g/mol. The van der Waals surface area contributed by atoms with E-state index in [4.69, 9.17) is 0 Å². The lowest BCUT2D eigenvalue weighted by Gasteiger charge is -2.17. The Kier molecular flexibility index (Phi) is 2.90. The number of amides is 1. The van der Waals surface area contributed by atoms with Gasteiger partial charge in [-0.2, -0.15) is 0 Å². The third kappa shape index (κ3) is 1.99. The molecule has 0 aliphatic rings. The third-order valence-electron chi connectivity index (χ3n) is 1.92. The van der Waals surface area contributed by atoms with E-state index < -0.39 is 0 Å². The molecule has 0 saturated carbocycles.